The minimum Gasteiger partial charge on any atom is -0.398 e. The van der Waals surface area contributed by atoms with Crippen LogP contribution in [0.4, 0.5) is 18.9 Å². The van der Waals surface area contributed by atoms with Gasteiger partial charge in [-0.3, -0.25) is 4.79 Å². The minimum absolute atomic E-state index is 0.0336. The SMILES string of the molecule is CC(C)(C)CCNC(=O)c1cc(C(F)(F)F)ccc1N. The van der Waals surface area contributed by atoms with Crippen molar-refractivity contribution in [1.29, 1.82) is 0 Å². The fraction of sp³-hybridized carbons (Fsp3) is 0.500. The monoisotopic (exact) mass is 288 g/mol. The summed E-state index contributed by atoms with van der Waals surface area (Å²) >= 11 is 0. The maximum Gasteiger partial charge on any atom is 0.416 e. The number of amides is 1. The minimum atomic E-state index is -4.49. The summed E-state index contributed by atoms with van der Waals surface area (Å²) in [6.07, 6.45) is -3.77. The summed E-state index contributed by atoms with van der Waals surface area (Å²) in [5, 5.41) is 2.59. The zero-order chi connectivity index (χ0) is 15.6. The molecule has 1 amide bonds. The Morgan fingerprint density at radius 2 is 1.85 bits per heavy atom. The quantitative estimate of drug-likeness (QED) is 0.837. The lowest BCUT2D eigenvalue weighted by molar-refractivity contribution is -0.137. The van der Waals surface area contributed by atoms with Crippen LogP contribution in [0.3, 0.4) is 0 Å². The van der Waals surface area contributed by atoms with Crippen molar-refractivity contribution in [3.05, 3.63) is 29.3 Å². The van der Waals surface area contributed by atoms with E-state index in [0.29, 0.717) is 6.54 Å². The molecule has 0 aliphatic rings. The first-order chi connectivity index (χ1) is 9.00. The van der Waals surface area contributed by atoms with Gasteiger partial charge in [-0.05, 0) is 30.0 Å². The Balaban J connectivity index is 2.82. The normalized spacial score (nSPS) is 12.3. The van der Waals surface area contributed by atoms with Crippen LogP contribution in [0.2, 0.25) is 0 Å². The highest BCUT2D eigenvalue weighted by atomic mass is 19.4. The number of nitrogen functional groups attached to an aromatic ring is 1. The van der Waals surface area contributed by atoms with Gasteiger partial charge >= 0.3 is 6.18 Å². The van der Waals surface area contributed by atoms with E-state index in [0.717, 1.165) is 24.6 Å². The Morgan fingerprint density at radius 3 is 2.35 bits per heavy atom. The molecule has 20 heavy (non-hydrogen) atoms. The molecule has 0 radical (unpaired) electrons. The molecular formula is C14H19F3N2O. The zero-order valence-corrected chi connectivity index (χ0v) is 11.8. The predicted molar refractivity (Wildman–Crippen MR) is 72.3 cm³/mol. The van der Waals surface area contributed by atoms with Crippen molar-refractivity contribution in [3.63, 3.8) is 0 Å². The van der Waals surface area contributed by atoms with Crippen LogP contribution in [-0.4, -0.2) is 12.5 Å². The number of benzene rings is 1. The Hall–Kier alpha value is -1.72. The maximum absolute atomic E-state index is 12.6. The molecule has 0 fully saturated rings. The van der Waals surface area contributed by atoms with Gasteiger partial charge in [0, 0.05) is 12.2 Å². The third-order valence-electron chi connectivity index (χ3n) is 2.79. The van der Waals surface area contributed by atoms with Crippen molar-refractivity contribution < 1.29 is 18.0 Å². The van der Waals surface area contributed by atoms with Crippen molar-refractivity contribution >= 4 is 11.6 Å². The van der Waals surface area contributed by atoms with Crippen molar-refractivity contribution in [2.75, 3.05) is 12.3 Å². The highest BCUT2D eigenvalue weighted by molar-refractivity contribution is 5.99. The van der Waals surface area contributed by atoms with E-state index in [9.17, 15) is 18.0 Å². The average molecular weight is 288 g/mol. The third-order valence-corrected chi connectivity index (χ3v) is 2.79. The first-order valence-corrected chi connectivity index (χ1v) is 6.25. The molecule has 0 bridgehead atoms. The van der Waals surface area contributed by atoms with Crippen LogP contribution < -0.4 is 11.1 Å². The predicted octanol–water partition coefficient (Wildman–Crippen LogP) is 3.45. The summed E-state index contributed by atoms with van der Waals surface area (Å²) in [7, 11) is 0. The van der Waals surface area contributed by atoms with E-state index in [1.54, 1.807) is 0 Å². The van der Waals surface area contributed by atoms with Gasteiger partial charge in [-0.2, -0.15) is 13.2 Å². The van der Waals surface area contributed by atoms with Gasteiger partial charge in [-0.25, -0.2) is 0 Å². The maximum atomic E-state index is 12.6. The summed E-state index contributed by atoms with van der Waals surface area (Å²) in [6, 6.07) is 2.74. The average Bonchev–Trinajstić information content (AvgIpc) is 2.25. The van der Waals surface area contributed by atoms with E-state index in [2.05, 4.69) is 5.32 Å². The molecule has 0 unspecified atom stereocenters. The molecule has 0 heterocycles. The van der Waals surface area contributed by atoms with Gasteiger partial charge in [0.2, 0.25) is 0 Å². The molecule has 0 spiro atoms. The first-order valence-electron chi connectivity index (χ1n) is 6.25. The molecule has 112 valence electrons. The van der Waals surface area contributed by atoms with E-state index in [4.69, 9.17) is 5.73 Å². The van der Waals surface area contributed by atoms with E-state index in [1.165, 1.54) is 0 Å². The molecular weight excluding hydrogens is 269 g/mol. The summed E-state index contributed by atoms with van der Waals surface area (Å²) in [5.74, 6) is -0.585. The van der Waals surface area contributed by atoms with E-state index in [1.807, 2.05) is 20.8 Å². The smallest absolute Gasteiger partial charge is 0.398 e. The van der Waals surface area contributed by atoms with Gasteiger partial charge in [-0.15, -0.1) is 0 Å². The first kappa shape index (κ1) is 16.3. The van der Waals surface area contributed by atoms with E-state index >= 15 is 0 Å². The number of nitrogens with one attached hydrogen (secondary N) is 1. The van der Waals surface area contributed by atoms with Crippen LogP contribution in [0.1, 0.15) is 43.1 Å². The number of hydrogen-bond acceptors (Lipinski definition) is 2. The van der Waals surface area contributed by atoms with Crippen LogP contribution in [0.15, 0.2) is 18.2 Å². The molecule has 3 N–H and O–H groups in total. The molecule has 6 heteroatoms. The van der Waals surface area contributed by atoms with Crippen molar-refractivity contribution in [1.82, 2.24) is 5.32 Å². The molecule has 1 aromatic rings. The number of alkyl halides is 3. The third kappa shape index (κ3) is 4.75. The molecule has 3 nitrogen and oxygen atoms in total. The number of carbonyl (C=O) groups excluding carboxylic acids is 1. The van der Waals surface area contributed by atoms with Gasteiger partial charge in [-0.1, -0.05) is 20.8 Å². The second-order valence-corrected chi connectivity index (χ2v) is 5.87. The number of halogens is 3. The largest absolute Gasteiger partial charge is 0.416 e. The molecule has 0 aliphatic carbocycles. The highest BCUT2D eigenvalue weighted by Crippen LogP contribution is 2.31. The van der Waals surface area contributed by atoms with Crippen LogP contribution in [0.25, 0.3) is 0 Å². The summed E-state index contributed by atoms with van der Waals surface area (Å²) in [5.41, 5.74) is 4.60. The molecule has 0 atom stereocenters. The Labute approximate surface area is 116 Å². The lowest BCUT2D eigenvalue weighted by atomic mass is 9.92. The van der Waals surface area contributed by atoms with E-state index < -0.39 is 17.6 Å². The number of carbonyl (C=O) groups is 1. The fourth-order valence-corrected chi connectivity index (χ4v) is 1.58. The number of rotatable bonds is 3. The Bertz CT molecular complexity index is 490. The summed E-state index contributed by atoms with van der Waals surface area (Å²) in [6.45, 7) is 6.42. The van der Waals surface area contributed by atoms with Crippen LogP contribution in [0, 0.1) is 5.41 Å². The fourth-order valence-electron chi connectivity index (χ4n) is 1.58. The van der Waals surface area contributed by atoms with Crippen LogP contribution >= 0.6 is 0 Å². The van der Waals surface area contributed by atoms with Crippen molar-refractivity contribution in [2.24, 2.45) is 5.41 Å². The number of anilines is 1. The van der Waals surface area contributed by atoms with Crippen molar-refractivity contribution in [3.8, 4) is 0 Å². The lowest BCUT2D eigenvalue weighted by Crippen LogP contribution is -2.28. The molecule has 0 saturated carbocycles. The van der Waals surface area contributed by atoms with Gasteiger partial charge in [0.1, 0.15) is 0 Å². The van der Waals surface area contributed by atoms with E-state index in [-0.39, 0.29) is 16.7 Å². The number of hydrogen-bond donors (Lipinski definition) is 2. The standard InChI is InChI=1S/C14H19F3N2O/c1-13(2,3)6-7-19-12(20)10-8-9(14(15,16)17)4-5-11(10)18/h4-5,8H,6-7,18H2,1-3H3,(H,19,20). The van der Waals surface area contributed by atoms with Gasteiger partial charge in [0.25, 0.3) is 5.91 Å². The highest BCUT2D eigenvalue weighted by Gasteiger charge is 2.31. The second kappa shape index (κ2) is 5.73. The molecule has 0 saturated heterocycles. The Kier molecular flexibility index (Phi) is 4.68. The van der Waals surface area contributed by atoms with Gasteiger partial charge in [0.15, 0.2) is 0 Å². The lowest BCUT2D eigenvalue weighted by Gasteiger charge is -2.18. The second-order valence-electron chi connectivity index (χ2n) is 5.87. The number of nitrogens with two attached hydrogens (primary N) is 1. The topological polar surface area (TPSA) is 55.1 Å². The summed E-state index contributed by atoms with van der Waals surface area (Å²) < 4.78 is 37.8. The molecule has 0 aliphatic heterocycles. The molecule has 0 aromatic heterocycles. The molecule has 1 rings (SSSR count). The Morgan fingerprint density at radius 1 is 1.25 bits per heavy atom. The summed E-state index contributed by atoms with van der Waals surface area (Å²) in [4.78, 5) is 11.9. The van der Waals surface area contributed by atoms with Crippen LogP contribution in [-0.2, 0) is 6.18 Å². The van der Waals surface area contributed by atoms with Gasteiger partial charge in [0.05, 0.1) is 11.1 Å². The van der Waals surface area contributed by atoms with Gasteiger partial charge < -0.3 is 11.1 Å². The van der Waals surface area contributed by atoms with Crippen molar-refractivity contribution in [2.45, 2.75) is 33.4 Å². The molecule has 1 aromatic carbocycles. The van der Waals surface area contributed by atoms with Crippen LogP contribution in [0.5, 0.6) is 0 Å². The zero-order valence-electron chi connectivity index (χ0n) is 11.8.